The van der Waals surface area contributed by atoms with Crippen molar-refractivity contribution in [3.63, 3.8) is 0 Å². The number of carbonyl (C=O) groups excluding carboxylic acids is 4. The number of quaternary nitrogens is 4. The summed E-state index contributed by atoms with van der Waals surface area (Å²) in [5.41, 5.74) is 13.8. The number of carboxylic acid groups (broad SMARTS) is 4. The molecule has 8 atom stereocenters. The van der Waals surface area contributed by atoms with E-state index in [9.17, 15) is 39.6 Å². The third-order valence-corrected chi connectivity index (χ3v) is 6.53. The summed E-state index contributed by atoms with van der Waals surface area (Å²) in [6.07, 6.45) is 3.34. The lowest BCUT2D eigenvalue weighted by molar-refractivity contribution is -0.447. The summed E-state index contributed by atoms with van der Waals surface area (Å²) in [7, 11) is 0. The van der Waals surface area contributed by atoms with E-state index in [0.717, 1.165) is 25.7 Å². The van der Waals surface area contributed by atoms with Crippen LogP contribution in [0, 0.1) is 23.7 Å². The van der Waals surface area contributed by atoms with Gasteiger partial charge in [0.05, 0.1) is 23.9 Å². The van der Waals surface area contributed by atoms with E-state index >= 15 is 0 Å². The van der Waals surface area contributed by atoms with Gasteiger partial charge in [-0.1, -0.05) is 55.4 Å². The highest BCUT2D eigenvalue weighted by Crippen LogP contribution is 2.03. The SMILES string of the molecule is CC[C@H](C)[C@H]([NH3+])C(=O)[O-].CC[C@H](C)[C@H]([NH3+])C(=O)[O-].CC[C@H](C)[C@H]([NH3+])C(=O)[O-].CC[C@H](C)[C@H]([NH3+])C(=O)[O-]. The van der Waals surface area contributed by atoms with Crippen LogP contribution in [0.1, 0.15) is 81.1 Å². The maximum absolute atomic E-state index is 10.1. The first-order valence-corrected chi connectivity index (χ1v) is 12.5. The molecule has 36 heavy (non-hydrogen) atoms. The lowest BCUT2D eigenvalue weighted by atomic mass is 10.0. The van der Waals surface area contributed by atoms with E-state index in [0.29, 0.717) is 0 Å². The van der Waals surface area contributed by atoms with Crippen molar-refractivity contribution >= 4 is 23.9 Å². The number of hydrogen-bond donors (Lipinski definition) is 4. The molecule has 0 heterocycles. The highest BCUT2D eigenvalue weighted by molar-refractivity contribution is 5.70. The van der Waals surface area contributed by atoms with Gasteiger partial charge in [0.2, 0.25) is 0 Å². The molecule has 0 spiro atoms. The second-order valence-electron chi connectivity index (χ2n) is 9.24. The van der Waals surface area contributed by atoms with Crippen LogP contribution in [0.3, 0.4) is 0 Å². The summed E-state index contributed by atoms with van der Waals surface area (Å²) in [5.74, 6) is -3.72. The van der Waals surface area contributed by atoms with Crippen LogP contribution < -0.4 is 43.4 Å². The largest absolute Gasteiger partial charge is 0.544 e. The number of aliphatic carboxylic acids is 4. The van der Waals surface area contributed by atoms with Gasteiger partial charge in [-0.15, -0.1) is 0 Å². The zero-order valence-corrected chi connectivity index (χ0v) is 23.5. The normalized spacial score (nSPS) is 16.8. The molecule has 0 fully saturated rings. The molecule has 0 aromatic heterocycles. The molecule has 12 nitrogen and oxygen atoms in total. The molecule has 0 bridgehead atoms. The van der Waals surface area contributed by atoms with Crippen LogP contribution in [-0.4, -0.2) is 48.0 Å². The molecule has 0 aromatic rings. The Morgan fingerprint density at radius 3 is 0.583 bits per heavy atom. The molecule has 0 saturated carbocycles. The molecule has 12 N–H and O–H groups in total. The van der Waals surface area contributed by atoms with Crippen molar-refractivity contribution < 1.29 is 62.5 Å². The summed E-state index contributed by atoms with van der Waals surface area (Å²) in [4.78, 5) is 40.5. The average Bonchev–Trinajstić information content (AvgIpc) is 2.85. The van der Waals surface area contributed by atoms with E-state index in [1.807, 2.05) is 55.4 Å². The van der Waals surface area contributed by atoms with Gasteiger partial charge in [-0.2, -0.15) is 0 Å². The summed E-state index contributed by atoms with van der Waals surface area (Å²) >= 11 is 0. The Hall–Kier alpha value is -2.28. The fourth-order valence-corrected chi connectivity index (χ4v) is 2.07. The van der Waals surface area contributed by atoms with Crippen molar-refractivity contribution in [3.05, 3.63) is 0 Å². The Balaban J connectivity index is -0.000000190. The minimum atomic E-state index is -1.05. The second-order valence-corrected chi connectivity index (χ2v) is 9.24. The third-order valence-electron chi connectivity index (χ3n) is 6.53. The minimum absolute atomic E-state index is 0.120. The first kappa shape index (κ1) is 40.9. The van der Waals surface area contributed by atoms with Crippen molar-refractivity contribution in [3.8, 4) is 0 Å². The van der Waals surface area contributed by atoms with E-state index in [1.165, 1.54) is 0 Å². The summed E-state index contributed by atoms with van der Waals surface area (Å²) in [5, 5.41) is 40.5. The predicted octanol–water partition coefficient (Wildman–Crippen LogP) is -6.43. The van der Waals surface area contributed by atoms with Crippen LogP contribution in [0.4, 0.5) is 0 Å². The molecule has 0 unspecified atom stereocenters. The fourth-order valence-electron chi connectivity index (χ4n) is 2.07. The minimum Gasteiger partial charge on any atom is -0.544 e. The van der Waals surface area contributed by atoms with E-state index in [4.69, 9.17) is 0 Å². The molecule has 0 aliphatic rings. The van der Waals surface area contributed by atoms with Crippen molar-refractivity contribution in [2.45, 2.75) is 105 Å². The molecule has 0 saturated heterocycles. The van der Waals surface area contributed by atoms with Crippen LogP contribution in [0.2, 0.25) is 0 Å². The van der Waals surface area contributed by atoms with Gasteiger partial charge < -0.3 is 62.5 Å². The average molecular weight is 525 g/mol. The van der Waals surface area contributed by atoms with E-state index in [1.54, 1.807) is 0 Å². The Labute approximate surface area is 215 Å². The quantitative estimate of drug-likeness (QED) is 0.190. The first-order chi connectivity index (χ1) is 16.4. The molecular formula is C24H52N4O8. The predicted molar refractivity (Wildman–Crippen MR) is 125 cm³/mol. The standard InChI is InChI=1S/4C6H13NO2/c4*1-3-4(2)5(7)6(8)9/h4*4-5H,3,7H2,1-2H3,(H,8,9)/t4*4-,5-/m0000/s1. The van der Waals surface area contributed by atoms with Crippen molar-refractivity contribution in [2.75, 3.05) is 0 Å². The number of carboxylic acids is 4. The van der Waals surface area contributed by atoms with Crippen molar-refractivity contribution in [1.29, 1.82) is 0 Å². The van der Waals surface area contributed by atoms with Gasteiger partial charge in [0, 0.05) is 23.7 Å². The highest BCUT2D eigenvalue weighted by atomic mass is 16.4. The van der Waals surface area contributed by atoms with E-state index < -0.39 is 48.0 Å². The fraction of sp³-hybridized carbons (Fsp3) is 0.833. The molecule has 0 amide bonds. The van der Waals surface area contributed by atoms with Gasteiger partial charge in [-0.05, 0) is 25.7 Å². The smallest absolute Gasteiger partial charge is 0.127 e. The highest BCUT2D eigenvalue weighted by Gasteiger charge is 2.16. The maximum Gasteiger partial charge on any atom is 0.127 e. The van der Waals surface area contributed by atoms with Crippen molar-refractivity contribution in [2.24, 2.45) is 23.7 Å². The molecular weight excluding hydrogens is 472 g/mol. The summed E-state index contributed by atoms with van der Waals surface area (Å²) in [6.45, 7) is 15.2. The van der Waals surface area contributed by atoms with Crippen LogP contribution in [0.25, 0.3) is 0 Å². The lowest BCUT2D eigenvalue weighted by Gasteiger charge is -2.14. The Bertz CT molecular complexity index is 517. The van der Waals surface area contributed by atoms with E-state index in [2.05, 4.69) is 22.9 Å². The molecule has 12 heteroatoms. The third kappa shape index (κ3) is 21.0. The number of hydrogen-bond acceptors (Lipinski definition) is 8. The van der Waals surface area contributed by atoms with Crippen LogP contribution in [0.15, 0.2) is 0 Å². The molecule has 0 radical (unpaired) electrons. The van der Waals surface area contributed by atoms with Gasteiger partial charge >= 0.3 is 0 Å². The number of carbonyl (C=O) groups is 4. The van der Waals surface area contributed by atoms with Crippen LogP contribution in [0.5, 0.6) is 0 Å². The second kappa shape index (κ2) is 23.1. The Kier molecular flexibility index (Phi) is 26.3. The molecule has 0 aromatic carbocycles. The van der Waals surface area contributed by atoms with Gasteiger partial charge in [0.1, 0.15) is 24.2 Å². The van der Waals surface area contributed by atoms with Crippen molar-refractivity contribution in [1.82, 2.24) is 0 Å². The van der Waals surface area contributed by atoms with Gasteiger partial charge in [0.25, 0.3) is 0 Å². The molecule has 0 aliphatic heterocycles. The lowest BCUT2D eigenvalue weighted by Crippen LogP contribution is -2.70. The zero-order chi connectivity index (χ0) is 29.8. The Morgan fingerprint density at radius 2 is 0.556 bits per heavy atom. The van der Waals surface area contributed by atoms with Crippen LogP contribution >= 0.6 is 0 Å². The van der Waals surface area contributed by atoms with E-state index in [-0.39, 0.29) is 23.7 Å². The molecule has 0 rings (SSSR count). The zero-order valence-electron chi connectivity index (χ0n) is 23.5. The first-order valence-electron chi connectivity index (χ1n) is 12.5. The van der Waals surface area contributed by atoms with Gasteiger partial charge in [0.15, 0.2) is 0 Å². The Morgan fingerprint density at radius 1 is 0.444 bits per heavy atom. The van der Waals surface area contributed by atoms with Crippen LogP contribution in [-0.2, 0) is 19.2 Å². The topological polar surface area (TPSA) is 271 Å². The monoisotopic (exact) mass is 524 g/mol. The maximum atomic E-state index is 10.1. The number of rotatable bonds is 12. The summed E-state index contributed by atoms with van der Waals surface area (Å²) < 4.78 is 0. The molecule has 0 aliphatic carbocycles. The van der Waals surface area contributed by atoms with Gasteiger partial charge in [-0.25, -0.2) is 0 Å². The molecule has 216 valence electrons. The summed E-state index contributed by atoms with van der Waals surface area (Å²) in [6, 6.07) is -2.24. The van der Waals surface area contributed by atoms with Gasteiger partial charge in [-0.3, -0.25) is 0 Å².